The minimum Gasteiger partial charge on any atom is -0.365 e. The number of rotatable bonds is 7. The Hall–Kier alpha value is -1.09. The van der Waals surface area contributed by atoms with Gasteiger partial charge in [0, 0.05) is 17.8 Å². The molecule has 0 saturated carbocycles. The van der Waals surface area contributed by atoms with Crippen LogP contribution in [0.25, 0.3) is 0 Å². The zero-order valence-corrected chi connectivity index (χ0v) is 14.0. The second-order valence-corrected chi connectivity index (χ2v) is 7.00. The first-order valence-electron chi connectivity index (χ1n) is 7.79. The molecule has 1 aromatic heterocycles. The van der Waals surface area contributed by atoms with E-state index in [4.69, 9.17) is 4.98 Å². The molecule has 0 atom stereocenters. The molecule has 1 aromatic rings. The first-order chi connectivity index (χ1) is 9.30. The zero-order chi connectivity index (χ0) is 15.2. The van der Waals surface area contributed by atoms with Gasteiger partial charge in [0.25, 0.3) is 0 Å². The fourth-order valence-electron chi connectivity index (χ4n) is 2.09. The second-order valence-electron chi connectivity index (χ2n) is 7.00. The van der Waals surface area contributed by atoms with Gasteiger partial charge < -0.3 is 10.6 Å². The van der Waals surface area contributed by atoms with Crippen molar-refractivity contribution in [3.63, 3.8) is 0 Å². The Morgan fingerprint density at radius 2 is 1.90 bits per heavy atom. The van der Waals surface area contributed by atoms with Crippen LogP contribution in [0.1, 0.15) is 59.2 Å². The van der Waals surface area contributed by atoms with E-state index in [0.717, 1.165) is 31.7 Å². The van der Waals surface area contributed by atoms with Crippen LogP contribution in [-0.2, 0) is 13.0 Å². The van der Waals surface area contributed by atoms with Crippen molar-refractivity contribution in [2.45, 2.75) is 66.5 Å². The number of hydrogen-bond donors (Lipinski definition) is 2. The summed E-state index contributed by atoms with van der Waals surface area (Å²) in [4.78, 5) is 4.71. The lowest BCUT2D eigenvalue weighted by molar-refractivity contribution is 0.552. The molecule has 0 amide bonds. The van der Waals surface area contributed by atoms with Crippen LogP contribution in [0.15, 0.2) is 12.1 Å². The first kappa shape index (κ1) is 17.0. The van der Waals surface area contributed by atoms with Crippen LogP contribution in [0.4, 0.5) is 5.82 Å². The van der Waals surface area contributed by atoms with Crippen LogP contribution >= 0.6 is 0 Å². The minimum absolute atomic E-state index is 0.0421. The monoisotopic (exact) mass is 277 g/mol. The third-order valence-electron chi connectivity index (χ3n) is 2.83. The van der Waals surface area contributed by atoms with Crippen LogP contribution in [0, 0.1) is 5.92 Å². The molecule has 3 heteroatoms. The highest BCUT2D eigenvalue weighted by atomic mass is 15.0. The maximum absolute atomic E-state index is 4.71. The summed E-state index contributed by atoms with van der Waals surface area (Å²) in [5.41, 5.74) is 2.54. The van der Waals surface area contributed by atoms with Crippen molar-refractivity contribution in [2.24, 2.45) is 5.92 Å². The predicted molar refractivity (Wildman–Crippen MR) is 88.2 cm³/mol. The van der Waals surface area contributed by atoms with Gasteiger partial charge in [-0.05, 0) is 57.4 Å². The Kier molecular flexibility index (Phi) is 6.47. The van der Waals surface area contributed by atoms with Gasteiger partial charge in [-0.15, -0.1) is 0 Å². The standard InChI is InChI=1S/C17H31N3/c1-7-8-15-9-14(12-18-11-13(2)3)10-16(19-15)20-17(4,5)6/h9-10,13,18H,7-8,11-12H2,1-6H3,(H,19,20). The molecule has 0 radical (unpaired) electrons. The number of pyridine rings is 1. The molecule has 0 bridgehead atoms. The van der Waals surface area contributed by atoms with Gasteiger partial charge in [-0.2, -0.15) is 0 Å². The normalized spacial score (nSPS) is 11.9. The molecule has 114 valence electrons. The summed E-state index contributed by atoms with van der Waals surface area (Å²) in [5.74, 6) is 1.67. The maximum Gasteiger partial charge on any atom is 0.126 e. The van der Waals surface area contributed by atoms with Crippen molar-refractivity contribution in [2.75, 3.05) is 11.9 Å². The van der Waals surface area contributed by atoms with Crippen LogP contribution in [-0.4, -0.2) is 17.1 Å². The third-order valence-corrected chi connectivity index (χ3v) is 2.83. The van der Waals surface area contributed by atoms with E-state index >= 15 is 0 Å². The van der Waals surface area contributed by atoms with Gasteiger partial charge in [0.15, 0.2) is 0 Å². The summed E-state index contributed by atoms with van der Waals surface area (Å²) < 4.78 is 0. The first-order valence-corrected chi connectivity index (χ1v) is 7.79. The van der Waals surface area contributed by atoms with Crippen molar-refractivity contribution in [1.29, 1.82) is 0 Å². The lowest BCUT2D eigenvalue weighted by atomic mass is 10.1. The quantitative estimate of drug-likeness (QED) is 0.791. The third kappa shape index (κ3) is 6.90. The van der Waals surface area contributed by atoms with Crippen molar-refractivity contribution in [3.8, 4) is 0 Å². The molecule has 1 heterocycles. The molecule has 3 nitrogen and oxygen atoms in total. The fraction of sp³-hybridized carbons (Fsp3) is 0.706. The highest BCUT2D eigenvalue weighted by molar-refractivity contribution is 5.41. The summed E-state index contributed by atoms with van der Waals surface area (Å²) in [7, 11) is 0. The van der Waals surface area contributed by atoms with E-state index in [2.05, 4.69) is 64.3 Å². The number of aryl methyl sites for hydroxylation is 1. The fourth-order valence-corrected chi connectivity index (χ4v) is 2.09. The summed E-state index contributed by atoms with van der Waals surface area (Å²) in [6.45, 7) is 15.1. The van der Waals surface area contributed by atoms with Gasteiger partial charge in [0.1, 0.15) is 5.82 Å². The molecule has 2 N–H and O–H groups in total. The largest absolute Gasteiger partial charge is 0.365 e. The van der Waals surface area contributed by atoms with Gasteiger partial charge in [-0.1, -0.05) is 27.2 Å². The molecular weight excluding hydrogens is 246 g/mol. The molecule has 0 aliphatic rings. The van der Waals surface area contributed by atoms with Crippen LogP contribution in [0.2, 0.25) is 0 Å². The van der Waals surface area contributed by atoms with E-state index in [1.54, 1.807) is 0 Å². The Morgan fingerprint density at radius 1 is 1.20 bits per heavy atom. The number of anilines is 1. The number of aromatic nitrogens is 1. The van der Waals surface area contributed by atoms with E-state index in [1.807, 2.05) is 0 Å². The highest BCUT2D eigenvalue weighted by Gasteiger charge is 2.11. The second kappa shape index (κ2) is 7.63. The maximum atomic E-state index is 4.71. The predicted octanol–water partition coefficient (Wildman–Crippen LogP) is 3.99. The number of nitrogens with zero attached hydrogens (tertiary/aromatic N) is 1. The minimum atomic E-state index is 0.0421. The van der Waals surface area contributed by atoms with Crippen molar-refractivity contribution in [3.05, 3.63) is 23.4 Å². The SMILES string of the molecule is CCCc1cc(CNCC(C)C)cc(NC(C)(C)C)n1. The molecule has 0 aliphatic carbocycles. The molecule has 1 rings (SSSR count). The summed E-state index contributed by atoms with van der Waals surface area (Å²) in [6.07, 6.45) is 2.17. The van der Waals surface area contributed by atoms with E-state index in [0.29, 0.717) is 5.92 Å². The molecular formula is C17H31N3. The molecule has 20 heavy (non-hydrogen) atoms. The van der Waals surface area contributed by atoms with Gasteiger partial charge in [0.05, 0.1) is 0 Å². The average Bonchev–Trinajstić information content (AvgIpc) is 2.26. The Labute approximate surface area is 124 Å². The van der Waals surface area contributed by atoms with Crippen molar-refractivity contribution < 1.29 is 0 Å². The Balaban J connectivity index is 2.81. The van der Waals surface area contributed by atoms with E-state index < -0.39 is 0 Å². The van der Waals surface area contributed by atoms with Crippen molar-refractivity contribution >= 4 is 5.82 Å². The van der Waals surface area contributed by atoms with Crippen molar-refractivity contribution in [1.82, 2.24) is 10.3 Å². The smallest absolute Gasteiger partial charge is 0.126 e. The lowest BCUT2D eigenvalue weighted by Gasteiger charge is -2.22. The molecule has 0 aliphatic heterocycles. The summed E-state index contributed by atoms with van der Waals surface area (Å²) in [5, 5.41) is 6.99. The lowest BCUT2D eigenvalue weighted by Crippen LogP contribution is -2.27. The van der Waals surface area contributed by atoms with Gasteiger partial charge in [0.2, 0.25) is 0 Å². The van der Waals surface area contributed by atoms with Gasteiger partial charge >= 0.3 is 0 Å². The van der Waals surface area contributed by atoms with Gasteiger partial charge in [-0.25, -0.2) is 4.98 Å². The number of nitrogens with one attached hydrogen (secondary N) is 2. The highest BCUT2D eigenvalue weighted by Crippen LogP contribution is 2.16. The molecule has 0 saturated heterocycles. The summed E-state index contributed by atoms with van der Waals surface area (Å²) >= 11 is 0. The van der Waals surface area contributed by atoms with Gasteiger partial charge in [-0.3, -0.25) is 0 Å². The summed E-state index contributed by atoms with van der Waals surface area (Å²) in [6, 6.07) is 4.39. The van der Waals surface area contributed by atoms with Crippen LogP contribution in [0.3, 0.4) is 0 Å². The van der Waals surface area contributed by atoms with E-state index in [1.165, 1.54) is 11.3 Å². The van der Waals surface area contributed by atoms with Crippen LogP contribution < -0.4 is 10.6 Å². The average molecular weight is 277 g/mol. The van der Waals surface area contributed by atoms with E-state index in [-0.39, 0.29) is 5.54 Å². The van der Waals surface area contributed by atoms with E-state index in [9.17, 15) is 0 Å². The molecule has 0 unspecified atom stereocenters. The topological polar surface area (TPSA) is 37.0 Å². The number of hydrogen-bond acceptors (Lipinski definition) is 3. The molecule has 0 spiro atoms. The Bertz CT molecular complexity index is 405. The Morgan fingerprint density at radius 3 is 2.45 bits per heavy atom. The zero-order valence-electron chi connectivity index (χ0n) is 14.0. The molecule has 0 aromatic carbocycles. The molecule has 0 fully saturated rings. The van der Waals surface area contributed by atoms with Crippen LogP contribution in [0.5, 0.6) is 0 Å².